The first kappa shape index (κ1) is 22.0. The van der Waals surface area contributed by atoms with Gasteiger partial charge in [0.2, 0.25) is 0 Å². The lowest BCUT2D eigenvalue weighted by Crippen LogP contribution is -2.34. The van der Waals surface area contributed by atoms with E-state index in [1.54, 1.807) is 13.8 Å². The minimum atomic E-state index is -4.47. The van der Waals surface area contributed by atoms with Crippen LogP contribution < -0.4 is 11.3 Å². The number of aromatic amines is 1. The van der Waals surface area contributed by atoms with Crippen molar-refractivity contribution in [2.24, 2.45) is 11.7 Å². The third-order valence-electron chi connectivity index (χ3n) is 4.62. The number of nitrogens with zero attached hydrogens (tertiary/aromatic N) is 3. The molecule has 162 valence electrons. The molecule has 6 N–H and O–H groups in total. The van der Waals surface area contributed by atoms with Crippen molar-refractivity contribution in [1.82, 2.24) is 19.5 Å². The standard InChI is InChI=1S/C15H24N5O8P/c1-7(2)8(3-16)28-29(24,25)26-4-9-11(21)12(22)15(27-9)20-6-19-10-13(20)17-5-18-14(10)23/h5-9,11-12,15,21-22H,3-4,16H2,1-2H3,(H,24,25)(H,17,18,23)/t8?,9-,11-,12-,15-/m1/s1. The van der Waals surface area contributed by atoms with Crippen molar-refractivity contribution in [1.29, 1.82) is 0 Å². The molecule has 0 radical (unpaired) electrons. The van der Waals surface area contributed by atoms with Crippen LogP contribution in [-0.2, 0) is 18.3 Å². The Balaban J connectivity index is 1.70. The first-order valence-corrected chi connectivity index (χ1v) is 10.4. The second-order valence-electron chi connectivity index (χ2n) is 6.99. The molecule has 1 aliphatic rings. The molecule has 2 aromatic rings. The fourth-order valence-corrected chi connectivity index (χ4v) is 4.02. The Morgan fingerprint density at radius 2 is 2.10 bits per heavy atom. The average molecular weight is 433 g/mol. The summed E-state index contributed by atoms with van der Waals surface area (Å²) in [5.41, 5.74) is 5.22. The number of nitrogens with two attached hydrogens (primary N) is 1. The molecule has 0 amide bonds. The van der Waals surface area contributed by atoms with Crippen LogP contribution in [0.5, 0.6) is 0 Å². The Bertz CT molecular complexity index is 948. The summed E-state index contributed by atoms with van der Waals surface area (Å²) in [4.78, 5) is 32.0. The molecule has 14 heteroatoms. The van der Waals surface area contributed by atoms with E-state index in [0.717, 1.165) is 0 Å². The lowest BCUT2D eigenvalue weighted by atomic mass is 10.1. The smallest absolute Gasteiger partial charge is 0.387 e. The van der Waals surface area contributed by atoms with Crippen LogP contribution in [0.1, 0.15) is 20.1 Å². The highest BCUT2D eigenvalue weighted by molar-refractivity contribution is 7.47. The number of fused-ring (bicyclic) bond motifs is 1. The molecule has 0 bridgehead atoms. The van der Waals surface area contributed by atoms with Gasteiger partial charge in [0.25, 0.3) is 5.56 Å². The number of H-pyrrole nitrogens is 1. The molecule has 2 unspecified atom stereocenters. The molecule has 1 saturated heterocycles. The first-order valence-electron chi connectivity index (χ1n) is 8.92. The van der Waals surface area contributed by atoms with Crippen LogP contribution in [0.4, 0.5) is 0 Å². The highest BCUT2D eigenvalue weighted by Crippen LogP contribution is 2.46. The molecule has 6 atom stereocenters. The van der Waals surface area contributed by atoms with Gasteiger partial charge in [0.05, 0.1) is 25.4 Å². The Morgan fingerprint density at radius 1 is 1.38 bits per heavy atom. The summed E-state index contributed by atoms with van der Waals surface area (Å²) in [5.74, 6) is -0.117. The van der Waals surface area contributed by atoms with Crippen molar-refractivity contribution in [2.75, 3.05) is 13.2 Å². The number of aromatic nitrogens is 4. The number of rotatable bonds is 8. The number of phosphoric acid groups is 1. The summed E-state index contributed by atoms with van der Waals surface area (Å²) in [6, 6.07) is 0. The number of aliphatic hydroxyl groups excluding tert-OH is 2. The zero-order valence-electron chi connectivity index (χ0n) is 15.8. The van der Waals surface area contributed by atoms with Crippen LogP contribution in [0, 0.1) is 5.92 Å². The van der Waals surface area contributed by atoms with E-state index >= 15 is 0 Å². The molecule has 29 heavy (non-hydrogen) atoms. The molecule has 1 fully saturated rings. The van der Waals surface area contributed by atoms with Crippen molar-refractivity contribution in [3.63, 3.8) is 0 Å². The number of hydrogen-bond donors (Lipinski definition) is 5. The van der Waals surface area contributed by atoms with Crippen LogP contribution >= 0.6 is 7.82 Å². The van der Waals surface area contributed by atoms with E-state index in [0.29, 0.717) is 0 Å². The fraction of sp³-hybridized carbons (Fsp3) is 0.667. The van der Waals surface area contributed by atoms with Crippen molar-refractivity contribution < 1.29 is 33.5 Å². The fourth-order valence-electron chi connectivity index (χ4n) is 2.95. The number of phosphoric ester groups is 1. The molecular formula is C15H24N5O8P. The molecule has 0 aliphatic carbocycles. The van der Waals surface area contributed by atoms with Crippen LogP contribution in [0.25, 0.3) is 11.2 Å². The van der Waals surface area contributed by atoms with Gasteiger partial charge in [0, 0.05) is 6.54 Å². The number of aliphatic hydroxyl groups is 2. The molecule has 1 aliphatic heterocycles. The van der Waals surface area contributed by atoms with Gasteiger partial charge in [0.15, 0.2) is 17.4 Å². The van der Waals surface area contributed by atoms with Gasteiger partial charge in [0.1, 0.15) is 18.3 Å². The lowest BCUT2D eigenvalue weighted by molar-refractivity contribution is -0.0530. The van der Waals surface area contributed by atoms with E-state index in [4.69, 9.17) is 19.5 Å². The maximum absolute atomic E-state index is 12.1. The minimum absolute atomic E-state index is 0.0226. The van der Waals surface area contributed by atoms with E-state index < -0.39 is 50.6 Å². The zero-order chi connectivity index (χ0) is 21.3. The van der Waals surface area contributed by atoms with Gasteiger partial charge in [-0.3, -0.25) is 18.4 Å². The van der Waals surface area contributed by atoms with E-state index in [9.17, 15) is 24.5 Å². The van der Waals surface area contributed by atoms with Gasteiger partial charge in [-0.1, -0.05) is 13.8 Å². The van der Waals surface area contributed by atoms with Gasteiger partial charge >= 0.3 is 7.82 Å². The van der Waals surface area contributed by atoms with Crippen molar-refractivity contribution in [2.45, 2.75) is 44.5 Å². The maximum atomic E-state index is 12.1. The molecular weight excluding hydrogens is 409 g/mol. The predicted molar refractivity (Wildman–Crippen MR) is 98.6 cm³/mol. The molecule has 13 nitrogen and oxygen atoms in total. The Hall–Kier alpha value is -1.70. The largest absolute Gasteiger partial charge is 0.472 e. The highest BCUT2D eigenvalue weighted by atomic mass is 31.2. The van der Waals surface area contributed by atoms with Crippen LogP contribution in [0.3, 0.4) is 0 Å². The monoisotopic (exact) mass is 433 g/mol. The average Bonchev–Trinajstić information content (AvgIpc) is 3.21. The van der Waals surface area contributed by atoms with Crippen molar-refractivity contribution in [3.05, 3.63) is 23.0 Å². The highest BCUT2D eigenvalue weighted by Gasteiger charge is 2.45. The summed E-state index contributed by atoms with van der Waals surface area (Å²) in [5, 5.41) is 20.6. The van der Waals surface area contributed by atoms with Gasteiger partial charge in [-0.2, -0.15) is 0 Å². The Labute approximate surface area is 165 Å². The van der Waals surface area contributed by atoms with E-state index in [-0.39, 0.29) is 23.6 Å². The zero-order valence-corrected chi connectivity index (χ0v) is 16.7. The summed E-state index contributed by atoms with van der Waals surface area (Å²) < 4.78 is 29.0. The number of ether oxygens (including phenoxy) is 1. The lowest BCUT2D eigenvalue weighted by Gasteiger charge is -2.23. The van der Waals surface area contributed by atoms with Crippen LogP contribution in [0.2, 0.25) is 0 Å². The second kappa shape index (κ2) is 8.58. The molecule has 0 aromatic carbocycles. The van der Waals surface area contributed by atoms with E-state index in [1.807, 2.05) is 0 Å². The minimum Gasteiger partial charge on any atom is -0.387 e. The summed E-state index contributed by atoms with van der Waals surface area (Å²) in [6.07, 6.45) is -3.42. The third-order valence-corrected chi connectivity index (χ3v) is 5.64. The van der Waals surface area contributed by atoms with Crippen LogP contribution in [-0.4, -0.2) is 72.2 Å². The third kappa shape index (κ3) is 4.57. The number of hydrogen-bond acceptors (Lipinski definition) is 10. The van der Waals surface area contributed by atoms with E-state index in [1.165, 1.54) is 17.2 Å². The summed E-state index contributed by atoms with van der Waals surface area (Å²) in [6.45, 7) is 3.04. The number of nitrogens with one attached hydrogen (secondary N) is 1. The molecule has 0 spiro atoms. The van der Waals surface area contributed by atoms with E-state index in [2.05, 4.69) is 15.0 Å². The van der Waals surface area contributed by atoms with Crippen molar-refractivity contribution >= 4 is 19.0 Å². The predicted octanol–water partition coefficient (Wildman–Crippen LogP) is -1.14. The molecule has 3 heterocycles. The SMILES string of the molecule is CC(C)C(CN)OP(=O)(O)OC[C@H]1O[C@@H](n2cnc3c(=O)[nH]cnc32)[C@H](O)[C@@H]1O. The summed E-state index contributed by atoms with van der Waals surface area (Å²) >= 11 is 0. The Kier molecular flexibility index (Phi) is 6.51. The van der Waals surface area contributed by atoms with Gasteiger partial charge in [-0.25, -0.2) is 14.5 Å². The Morgan fingerprint density at radius 3 is 2.76 bits per heavy atom. The topological polar surface area (TPSA) is 195 Å². The van der Waals surface area contributed by atoms with Gasteiger partial charge in [-0.05, 0) is 5.92 Å². The molecule has 3 rings (SSSR count). The summed E-state index contributed by atoms with van der Waals surface area (Å²) in [7, 11) is -4.47. The second-order valence-corrected chi connectivity index (χ2v) is 8.40. The number of imidazole rings is 1. The maximum Gasteiger partial charge on any atom is 0.472 e. The van der Waals surface area contributed by atoms with Crippen LogP contribution in [0.15, 0.2) is 17.4 Å². The quantitative estimate of drug-likeness (QED) is 0.316. The van der Waals surface area contributed by atoms with Crippen molar-refractivity contribution in [3.8, 4) is 0 Å². The molecule has 2 aromatic heterocycles. The first-order chi connectivity index (χ1) is 13.6. The normalized spacial score (nSPS) is 28.1. The van der Waals surface area contributed by atoms with Gasteiger partial charge in [-0.15, -0.1) is 0 Å². The molecule has 0 saturated carbocycles. The van der Waals surface area contributed by atoms with Gasteiger partial charge < -0.3 is 30.6 Å².